The Labute approximate surface area is 103 Å². The van der Waals surface area contributed by atoms with Crippen LogP contribution in [0, 0.1) is 10.1 Å². The van der Waals surface area contributed by atoms with E-state index in [9.17, 15) is 10.1 Å². The van der Waals surface area contributed by atoms with Gasteiger partial charge in [-0.2, -0.15) is 10.2 Å². The van der Waals surface area contributed by atoms with Gasteiger partial charge in [-0.15, -0.1) is 0 Å². The molecule has 2 rings (SSSR count). The number of nitrogens with zero attached hydrogens (tertiary/aromatic N) is 4. The highest BCUT2D eigenvalue weighted by molar-refractivity contribution is 5.79. The molecule has 0 aliphatic carbocycles. The van der Waals surface area contributed by atoms with Crippen LogP contribution in [-0.2, 0) is 7.05 Å². The standard InChI is InChI=1S/C11H11N5O2/c1-15-8-9(7-13-15)6-12-14-10-2-4-11(5-3-10)16(17)18/h2-8,14H,1H3/b12-6+. The van der Waals surface area contributed by atoms with Crippen LogP contribution in [0.15, 0.2) is 41.8 Å². The summed E-state index contributed by atoms with van der Waals surface area (Å²) in [5, 5.41) is 18.5. The third-order valence-corrected chi connectivity index (χ3v) is 2.21. The van der Waals surface area contributed by atoms with Crippen LogP contribution < -0.4 is 5.43 Å². The average Bonchev–Trinajstić information content (AvgIpc) is 2.76. The van der Waals surface area contributed by atoms with Crippen molar-refractivity contribution in [3.8, 4) is 0 Å². The van der Waals surface area contributed by atoms with E-state index in [2.05, 4.69) is 15.6 Å². The predicted octanol–water partition coefficient (Wildman–Crippen LogP) is 1.77. The summed E-state index contributed by atoms with van der Waals surface area (Å²) in [4.78, 5) is 10.0. The Morgan fingerprint density at radius 3 is 2.72 bits per heavy atom. The Morgan fingerprint density at radius 1 is 1.44 bits per heavy atom. The van der Waals surface area contributed by atoms with Crippen molar-refractivity contribution < 1.29 is 4.92 Å². The van der Waals surface area contributed by atoms with Crippen molar-refractivity contribution in [2.24, 2.45) is 12.1 Å². The monoisotopic (exact) mass is 245 g/mol. The Bertz CT molecular complexity index is 573. The van der Waals surface area contributed by atoms with E-state index < -0.39 is 4.92 Å². The minimum absolute atomic E-state index is 0.0526. The van der Waals surface area contributed by atoms with Gasteiger partial charge in [-0.25, -0.2) is 0 Å². The fourth-order valence-corrected chi connectivity index (χ4v) is 1.35. The molecule has 18 heavy (non-hydrogen) atoms. The van der Waals surface area contributed by atoms with E-state index in [-0.39, 0.29) is 5.69 Å². The van der Waals surface area contributed by atoms with Gasteiger partial charge in [0, 0.05) is 30.9 Å². The summed E-state index contributed by atoms with van der Waals surface area (Å²) >= 11 is 0. The van der Waals surface area contributed by atoms with Gasteiger partial charge >= 0.3 is 0 Å². The summed E-state index contributed by atoms with van der Waals surface area (Å²) in [6.07, 6.45) is 5.12. The molecule has 0 radical (unpaired) electrons. The first-order valence-corrected chi connectivity index (χ1v) is 5.17. The molecule has 0 spiro atoms. The van der Waals surface area contributed by atoms with E-state index in [0.29, 0.717) is 5.69 Å². The van der Waals surface area contributed by atoms with Crippen LogP contribution in [0.1, 0.15) is 5.56 Å². The van der Waals surface area contributed by atoms with Gasteiger partial charge < -0.3 is 0 Å². The number of non-ortho nitro benzene ring substituents is 1. The van der Waals surface area contributed by atoms with Crippen LogP contribution >= 0.6 is 0 Å². The largest absolute Gasteiger partial charge is 0.278 e. The molecule has 0 saturated heterocycles. The molecule has 0 unspecified atom stereocenters. The van der Waals surface area contributed by atoms with Gasteiger partial charge in [-0.1, -0.05) is 0 Å². The first-order valence-electron chi connectivity index (χ1n) is 5.17. The fraction of sp³-hybridized carbons (Fsp3) is 0.0909. The molecule has 7 nitrogen and oxygen atoms in total. The lowest BCUT2D eigenvalue weighted by atomic mass is 10.3. The molecular weight excluding hydrogens is 234 g/mol. The van der Waals surface area contributed by atoms with Crippen LogP contribution in [0.3, 0.4) is 0 Å². The van der Waals surface area contributed by atoms with Crippen molar-refractivity contribution in [1.82, 2.24) is 9.78 Å². The fourth-order valence-electron chi connectivity index (χ4n) is 1.35. The van der Waals surface area contributed by atoms with Gasteiger partial charge in [-0.05, 0) is 12.1 Å². The zero-order chi connectivity index (χ0) is 13.0. The number of nitro benzene ring substituents is 1. The molecule has 2 aromatic rings. The van der Waals surface area contributed by atoms with Gasteiger partial charge in [0.2, 0.25) is 0 Å². The van der Waals surface area contributed by atoms with E-state index in [4.69, 9.17) is 0 Å². The SMILES string of the molecule is Cn1cc(/C=N/Nc2ccc([N+](=O)[O-])cc2)cn1. The summed E-state index contributed by atoms with van der Waals surface area (Å²) in [7, 11) is 1.82. The number of hydrazone groups is 1. The van der Waals surface area contributed by atoms with E-state index in [1.54, 1.807) is 29.2 Å². The zero-order valence-electron chi connectivity index (χ0n) is 9.65. The second-order valence-corrected chi connectivity index (χ2v) is 3.62. The van der Waals surface area contributed by atoms with Gasteiger partial charge in [-0.3, -0.25) is 20.2 Å². The number of benzene rings is 1. The number of nitro groups is 1. The molecule has 1 aromatic carbocycles. The number of rotatable bonds is 4. The molecule has 7 heteroatoms. The number of aryl methyl sites for hydroxylation is 1. The van der Waals surface area contributed by atoms with Crippen LogP contribution in [0.5, 0.6) is 0 Å². The van der Waals surface area contributed by atoms with E-state index in [1.807, 2.05) is 13.2 Å². The smallest absolute Gasteiger partial charge is 0.269 e. The quantitative estimate of drug-likeness (QED) is 0.505. The molecule has 0 fully saturated rings. The number of hydrogen-bond acceptors (Lipinski definition) is 5. The van der Waals surface area contributed by atoms with Crippen molar-refractivity contribution in [3.63, 3.8) is 0 Å². The Hall–Kier alpha value is -2.70. The topological polar surface area (TPSA) is 85.3 Å². The van der Waals surface area contributed by atoms with Gasteiger partial charge in [0.15, 0.2) is 0 Å². The summed E-state index contributed by atoms with van der Waals surface area (Å²) in [6.45, 7) is 0. The lowest BCUT2D eigenvalue weighted by Gasteiger charge is -1.98. The molecule has 1 heterocycles. The number of aromatic nitrogens is 2. The van der Waals surface area contributed by atoms with Crippen LogP contribution in [0.4, 0.5) is 11.4 Å². The molecule has 1 N–H and O–H groups in total. The third-order valence-electron chi connectivity index (χ3n) is 2.21. The van der Waals surface area contributed by atoms with Gasteiger partial charge in [0.1, 0.15) is 0 Å². The Balaban J connectivity index is 1.98. The van der Waals surface area contributed by atoms with E-state index >= 15 is 0 Å². The highest BCUT2D eigenvalue weighted by atomic mass is 16.6. The lowest BCUT2D eigenvalue weighted by Crippen LogP contribution is -1.91. The maximum atomic E-state index is 10.5. The molecule has 1 aromatic heterocycles. The third kappa shape index (κ3) is 2.91. The van der Waals surface area contributed by atoms with Crippen molar-refractivity contribution in [2.45, 2.75) is 0 Å². The Morgan fingerprint density at radius 2 is 2.17 bits per heavy atom. The van der Waals surface area contributed by atoms with E-state index in [0.717, 1.165) is 5.56 Å². The zero-order valence-corrected chi connectivity index (χ0v) is 9.65. The van der Waals surface area contributed by atoms with Gasteiger partial charge in [0.05, 0.1) is 23.0 Å². The molecule has 92 valence electrons. The molecular formula is C11H11N5O2. The predicted molar refractivity (Wildman–Crippen MR) is 67.5 cm³/mol. The normalized spacial score (nSPS) is 10.7. The minimum atomic E-state index is -0.442. The van der Waals surface area contributed by atoms with Crippen LogP contribution in [0.25, 0.3) is 0 Å². The molecule has 0 atom stereocenters. The summed E-state index contributed by atoms with van der Waals surface area (Å²) in [6, 6.07) is 6.03. The summed E-state index contributed by atoms with van der Waals surface area (Å²) in [5.74, 6) is 0. The molecule has 0 aliphatic heterocycles. The number of hydrogen-bond donors (Lipinski definition) is 1. The molecule has 0 saturated carbocycles. The second-order valence-electron chi connectivity index (χ2n) is 3.62. The van der Waals surface area contributed by atoms with Gasteiger partial charge in [0.25, 0.3) is 5.69 Å². The van der Waals surface area contributed by atoms with E-state index in [1.165, 1.54) is 12.1 Å². The number of nitrogens with one attached hydrogen (secondary N) is 1. The highest BCUT2D eigenvalue weighted by Gasteiger charge is 2.02. The van der Waals surface area contributed by atoms with Crippen molar-refractivity contribution in [3.05, 3.63) is 52.3 Å². The van der Waals surface area contributed by atoms with Crippen molar-refractivity contribution in [1.29, 1.82) is 0 Å². The van der Waals surface area contributed by atoms with Crippen molar-refractivity contribution >= 4 is 17.6 Å². The second kappa shape index (κ2) is 5.09. The minimum Gasteiger partial charge on any atom is -0.278 e. The highest BCUT2D eigenvalue weighted by Crippen LogP contribution is 2.15. The van der Waals surface area contributed by atoms with Crippen LogP contribution in [-0.4, -0.2) is 20.9 Å². The molecule has 0 amide bonds. The lowest BCUT2D eigenvalue weighted by molar-refractivity contribution is -0.384. The average molecular weight is 245 g/mol. The van der Waals surface area contributed by atoms with Crippen molar-refractivity contribution in [2.75, 3.05) is 5.43 Å². The Kier molecular flexibility index (Phi) is 3.33. The first-order chi connectivity index (χ1) is 8.65. The maximum absolute atomic E-state index is 10.5. The molecule has 0 aliphatic rings. The maximum Gasteiger partial charge on any atom is 0.269 e. The van der Waals surface area contributed by atoms with Crippen LogP contribution in [0.2, 0.25) is 0 Å². The molecule has 0 bridgehead atoms. The number of anilines is 1. The summed E-state index contributed by atoms with van der Waals surface area (Å²) < 4.78 is 1.67. The first kappa shape index (κ1) is 11.8. The summed E-state index contributed by atoms with van der Waals surface area (Å²) in [5.41, 5.74) is 4.38.